The van der Waals surface area contributed by atoms with Gasteiger partial charge in [0.1, 0.15) is 54.3 Å². The summed E-state index contributed by atoms with van der Waals surface area (Å²) in [7, 11) is 0. The highest BCUT2D eigenvalue weighted by atomic mass is 16.6. The van der Waals surface area contributed by atoms with Gasteiger partial charge in [0.2, 0.25) is 0 Å². The molecule has 0 spiro atoms. The van der Waals surface area contributed by atoms with Gasteiger partial charge < -0.3 is 61.6 Å². The van der Waals surface area contributed by atoms with Gasteiger partial charge in [-0.25, -0.2) is 19.2 Å². The summed E-state index contributed by atoms with van der Waals surface area (Å²) in [5, 5.41) is 1.69. The van der Waals surface area contributed by atoms with Crippen molar-refractivity contribution in [3.63, 3.8) is 0 Å². The van der Waals surface area contributed by atoms with Crippen LogP contribution in [0.25, 0.3) is 10.8 Å². The summed E-state index contributed by atoms with van der Waals surface area (Å²) < 4.78 is 78.5. The molecule has 0 radical (unpaired) electrons. The second-order valence-electron chi connectivity index (χ2n) is 27.7. The molecule has 0 fully saturated rings. The fourth-order valence-electron chi connectivity index (χ4n) is 11.1. The lowest BCUT2D eigenvalue weighted by Crippen LogP contribution is -2.21. The second-order valence-corrected chi connectivity index (χ2v) is 27.7. The average molecular weight is 1310 g/mol. The van der Waals surface area contributed by atoms with Crippen molar-refractivity contribution in [3.05, 3.63) is 152 Å². The topological polar surface area (TPSA) is 188 Å². The highest BCUT2D eigenvalue weighted by Gasteiger charge is 2.31. The van der Waals surface area contributed by atoms with Crippen LogP contribution in [0.1, 0.15) is 178 Å². The first-order chi connectivity index (χ1) is 45.1. The molecule has 0 unspecified atom stereocenters. The van der Waals surface area contributed by atoms with Crippen molar-refractivity contribution in [2.24, 2.45) is 0 Å². The van der Waals surface area contributed by atoms with Gasteiger partial charge in [-0.3, -0.25) is 0 Å². The number of carbonyl (C=O) groups is 4. The third-order valence-electron chi connectivity index (χ3n) is 16.1. The van der Waals surface area contributed by atoms with Gasteiger partial charge in [0, 0.05) is 43.1 Å². The zero-order valence-corrected chi connectivity index (χ0v) is 59.2. The molecule has 0 heterocycles. The van der Waals surface area contributed by atoms with E-state index in [9.17, 15) is 19.2 Å². The molecule has 17 heteroatoms. The molecule has 0 saturated carbocycles. The first-order valence-electron chi connectivity index (χ1n) is 33.4. The SMILES string of the molecule is CCOCCOCCOCCOc1cccc2c(OCCOC(=O)COc3c4cc(C(C)(C)C)cc3Cc3cc(C(C)(C)C)cc(c3OCC(=O)OCC)Cc3cc(C(C)(C)C)cc(c3OCC(=O)OCC)Cc3cc(C(C)(C)C)cc(c3OCC(=O)OCC)C4)cccc12. The number of fused-ring (bicyclic) bond motifs is 9. The summed E-state index contributed by atoms with van der Waals surface area (Å²) >= 11 is 0. The Bertz CT molecular complexity index is 3440. The molecule has 0 aliphatic heterocycles. The Morgan fingerprint density at radius 1 is 0.305 bits per heavy atom. The van der Waals surface area contributed by atoms with Crippen LogP contribution >= 0.6 is 0 Å². The van der Waals surface area contributed by atoms with Crippen LogP contribution in [0.15, 0.2) is 84.9 Å². The molecule has 6 aromatic carbocycles. The van der Waals surface area contributed by atoms with Crippen LogP contribution in [0.2, 0.25) is 0 Å². The summed E-state index contributed by atoms with van der Waals surface area (Å²) in [5.74, 6) is 0.892. The van der Waals surface area contributed by atoms with Crippen molar-refractivity contribution in [1.29, 1.82) is 0 Å². The van der Waals surface area contributed by atoms with E-state index in [4.69, 9.17) is 61.6 Å². The second kappa shape index (κ2) is 34.2. The van der Waals surface area contributed by atoms with E-state index >= 15 is 0 Å². The molecular weight excluding hydrogens is 1210 g/mol. The summed E-state index contributed by atoms with van der Waals surface area (Å²) in [6.45, 7) is 35.2. The van der Waals surface area contributed by atoms with Gasteiger partial charge in [-0.05, 0) is 128 Å². The highest BCUT2D eigenvalue weighted by Crippen LogP contribution is 2.45. The summed E-state index contributed by atoms with van der Waals surface area (Å²) in [6, 6.07) is 28.4. The molecule has 95 heavy (non-hydrogen) atoms. The Kier molecular flexibility index (Phi) is 26.8. The van der Waals surface area contributed by atoms with Crippen molar-refractivity contribution in [2.75, 3.05) is 106 Å². The van der Waals surface area contributed by atoms with Crippen molar-refractivity contribution in [3.8, 4) is 34.5 Å². The van der Waals surface area contributed by atoms with Gasteiger partial charge in [0.15, 0.2) is 26.4 Å². The zero-order chi connectivity index (χ0) is 69.1. The van der Waals surface area contributed by atoms with Crippen molar-refractivity contribution in [2.45, 2.75) is 158 Å². The standard InChI is InChI=1S/C78H102O17/c1-17-83-27-28-84-29-30-85-31-32-89-65-25-21-24-64-63(65)23-22-26-66(64)90-33-34-91-70(82)50-95-74-57-37-55-43-60(76(8,9)10)41-53(72(55)93-48-68(80)87-19-3)35-51-39-59(75(5,6)7)40-52(71(51)92-47-67(79)86-18-2)36-54-42-61(77(11,12)13)44-56(73(54)94-49-69(81)88-20-4)38-58(74)46-62(45-57)78(14,15)16/h21-26,39-46H,17-20,27-38,47-50H2,1-16H3. The van der Waals surface area contributed by atoms with Crippen LogP contribution in [0.5, 0.6) is 34.5 Å². The lowest BCUT2D eigenvalue weighted by molar-refractivity contribution is -0.147. The number of esters is 4. The van der Waals surface area contributed by atoms with Gasteiger partial charge in [0.05, 0.1) is 52.9 Å². The van der Waals surface area contributed by atoms with E-state index in [1.165, 1.54) is 0 Å². The number of hydrogen-bond donors (Lipinski definition) is 0. The maximum absolute atomic E-state index is 14.2. The number of hydrogen-bond acceptors (Lipinski definition) is 17. The van der Waals surface area contributed by atoms with Crippen LogP contribution in [-0.2, 0) is 99.7 Å². The quantitative estimate of drug-likeness (QED) is 0.0235. The molecule has 0 atom stereocenters. The normalized spacial score (nSPS) is 12.6. The predicted octanol–water partition coefficient (Wildman–Crippen LogP) is 14.0. The zero-order valence-electron chi connectivity index (χ0n) is 59.2. The van der Waals surface area contributed by atoms with Crippen LogP contribution in [-0.4, -0.2) is 130 Å². The average Bonchev–Trinajstić information content (AvgIpc) is 0.769. The summed E-state index contributed by atoms with van der Waals surface area (Å²) in [6.07, 6.45) is 0.879. The fourth-order valence-corrected chi connectivity index (χ4v) is 11.1. The molecular formula is C78H102O17. The summed E-state index contributed by atoms with van der Waals surface area (Å²) in [4.78, 5) is 54.5. The predicted molar refractivity (Wildman–Crippen MR) is 368 cm³/mol. The van der Waals surface area contributed by atoms with Crippen LogP contribution in [0, 0.1) is 0 Å². The van der Waals surface area contributed by atoms with E-state index < -0.39 is 46.7 Å². The molecule has 0 saturated heterocycles. The molecule has 6 aromatic rings. The third-order valence-corrected chi connectivity index (χ3v) is 16.1. The molecule has 0 amide bonds. The van der Waals surface area contributed by atoms with Gasteiger partial charge in [0.25, 0.3) is 0 Å². The molecule has 0 N–H and O–H groups in total. The first kappa shape index (κ1) is 74.5. The van der Waals surface area contributed by atoms with Gasteiger partial charge >= 0.3 is 23.9 Å². The number of ether oxygens (including phenoxy) is 13. The Morgan fingerprint density at radius 3 is 0.821 bits per heavy atom. The largest absolute Gasteiger partial charge is 0.491 e. The van der Waals surface area contributed by atoms with Gasteiger partial charge in [-0.1, -0.05) is 156 Å². The fraction of sp³-hybridized carbons (Fsp3) is 0.513. The minimum absolute atomic E-state index is 0.0510. The third kappa shape index (κ3) is 21.6. The van der Waals surface area contributed by atoms with E-state index in [0.717, 1.165) is 77.5 Å². The minimum Gasteiger partial charge on any atom is -0.491 e. The lowest BCUT2D eigenvalue weighted by atomic mass is 9.79. The van der Waals surface area contributed by atoms with Crippen LogP contribution in [0.3, 0.4) is 0 Å². The maximum Gasteiger partial charge on any atom is 0.344 e. The Balaban J connectivity index is 1.35. The molecule has 7 rings (SSSR count). The van der Waals surface area contributed by atoms with Crippen molar-refractivity contribution >= 4 is 34.6 Å². The smallest absolute Gasteiger partial charge is 0.344 e. The van der Waals surface area contributed by atoms with E-state index in [1.807, 2.05) is 43.3 Å². The van der Waals surface area contributed by atoms with Crippen LogP contribution < -0.4 is 28.4 Å². The maximum atomic E-state index is 14.2. The summed E-state index contributed by atoms with van der Waals surface area (Å²) in [5.41, 5.74) is 8.36. The molecule has 0 aromatic heterocycles. The molecule has 8 bridgehead atoms. The Morgan fingerprint density at radius 2 is 0.558 bits per heavy atom. The van der Waals surface area contributed by atoms with E-state index in [0.29, 0.717) is 80.7 Å². The Hall–Kier alpha value is -7.86. The monoisotopic (exact) mass is 1310 g/mol. The van der Waals surface area contributed by atoms with Gasteiger partial charge in [-0.2, -0.15) is 0 Å². The Labute approximate surface area is 563 Å². The minimum atomic E-state index is -0.622. The molecule has 1 aliphatic rings. The molecule has 17 nitrogen and oxygen atoms in total. The van der Waals surface area contributed by atoms with Crippen molar-refractivity contribution in [1.82, 2.24) is 0 Å². The van der Waals surface area contributed by atoms with E-state index in [1.54, 1.807) is 20.8 Å². The number of benzene rings is 6. The van der Waals surface area contributed by atoms with E-state index in [2.05, 4.69) is 132 Å². The number of rotatable bonds is 30. The van der Waals surface area contributed by atoms with E-state index in [-0.39, 0.29) is 84.0 Å². The van der Waals surface area contributed by atoms with Gasteiger partial charge in [-0.15, -0.1) is 0 Å². The highest BCUT2D eigenvalue weighted by molar-refractivity contribution is 5.93. The number of carbonyl (C=O) groups excluding carboxylic acids is 4. The lowest BCUT2D eigenvalue weighted by Gasteiger charge is -2.29. The first-order valence-corrected chi connectivity index (χ1v) is 33.4. The van der Waals surface area contributed by atoms with Crippen molar-refractivity contribution < 1.29 is 80.8 Å². The molecule has 1 aliphatic carbocycles. The van der Waals surface area contributed by atoms with Crippen LogP contribution in [0.4, 0.5) is 0 Å². The molecule has 516 valence electrons.